The van der Waals surface area contributed by atoms with Gasteiger partial charge in [0.25, 0.3) is 0 Å². The van der Waals surface area contributed by atoms with E-state index in [1.54, 1.807) is 11.3 Å². The van der Waals surface area contributed by atoms with Gasteiger partial charge in [0.2, 0.25) is 0 Å². The first-order chi connectivity index (χ1) is 13.1. The van der Waals surface area contributed by atoms with E-state index >= 15 is 0 Å². The molecule has 3 aromatic rings. The van der Waals surface area contributed by atoms with Crippen LogP contribution in [0.5, 0.6) is 5.75 Å². The van der Waals surface area contributed by atoms with Crippen molar-refractivity contribution in [1.29, 1.82) is 0 Å². The van der Waals surface area contributed by atoms with Gasteiger partial charge in [-0.05, 0) is 74.3 Å². The lowest BCUT2D eigenvalue weighted by Crippen LogP contribution is -2.24. The number of hydrogen-bond donors (Lipinski definition) is 1. The molecular formula is C22H22ClNO2S. The zero-order valence-corrected chi connectivity index (χ0v) is 16.8. The number of hydrogen-bond acceptors (Lipinski definition) is 4. The van der Waals surface area contributed by atoms with E-state index in [0.29, 0.717) is 17.0 Å². The summed E-state index contributed by atoms with van der Waals surface area (Å²) in [6, 6.07) is 7.97. The van der Waals surface area contributed by atoms with Crippen LogP contribution >= 0.6 is 22.9 Å². The lowest BCUT2D eigenvalue weighted by atomic mass is 9.97. The van der Waals surface area contributed by atoms with E-state index in [9.17, 15) is 5.11 Å². The average Bonchev–Trinajstić information content (AvgIpc) is 3.37. The monoisotopic (exact) mass is 399 g/mol. The molecule has 2 aliphatic carbocycles. The molecule has 0 saturated heterocycles. The van der Waals surface area contributed by atoms with Crippen LogP contribution < -0.4 is 4.74 Å². The Labute approximate surface area is 168 Å². The SMILES string of the molecule is Cc1cc(Cl)cc(-c2ccnc3cc(CO)sc23)c1OC1CC2CCC1C2. The van der Waals surface area contributed by atoms with Crippen LogP contribution in [0.2, 0.25) is 5.02 Å². The Balaban J connectivity index is 1.63. The van der Waals surface area contributed by atoms with Gasteiger partial charge in [-0.15, -0.1) is 11.3 Å². The van der Waals surface area contributed by atoms with Gasteiger partial charge in [-0.25, -0.2) is 0 Å². The maximum absolute atomic E-state index is 9.53. The first kappa shape index (κ1) is 17.5. The summed E-state index contributed by atoms with van der Waals surface area (Å²) in [6.07, 6.45) is 7.28. The molecule has 2 aliphatic rings. The molecule has 2 heterocycles. The van der Waals surface area contributed by atoms with Crippen LogP contribution in [-0.2, 0) is 6.61 Å². The van der Waals surface area contributed by atoms with Crippen LogP contribution in [0.1, 0.15) is 36.1 Å². The van der Waals surface area contributed by atoms with E-state index in [1.807, 2.05) is 30.5 Å². The van der Waals surface area contributed by atoms with Crippen LogP contribution in [0.25, 0.3) is 21.3 Å². The van der Waals surface area contributed by atoms with Gasteiger partial charge in [-0.3, -0.25) is 4.98 Å². The van der Waals surface area contributed by atoms with Crippen LogP contribution in [0, 0.1) is 18.8 Å². The molecular weight excluding hydrogens is 378 g/mol. The summed E-state index contributed by atoms with van der Waals surface area (Å²) in [4.78, 5) is 5.39. The summed E-state index contributed by atoms with van der Waals surface area (Å²) in [7, 11) is 0. The third-order valence-electron chi connectivity index (χ3n) is 6.09. The number of thiophene rings is 1. The average molecular weight is 400 g/mol. The quantitative estimate of drug-likeness (QED) is 0.586. The third kappa shape index (κ3) is 3.04. The summed E-state index contributed by atoms with van der Waals surface area (Å²) < 4.78 is 7.71. The maximum Gasteiger partial charge on any atom is 0.130 e. The molecule has 0 spiro atoms. The number of aliphatic hydroxyl groups is 1. The number of nitrogens with zero attached hydrogens (tertiary/aromatic N) is 1. The number of benzene rings is 1. The van der Waals surface area contributed by atoms with Crippen molar-refractivity contribution >= 4 is 33.2 Å². The highest BCUT2D eigenvalue weighted by molar-refractivity contribution is 7.19. The number of aryl methyl sites for hydroxylation is 1. The van der Waals surface area contributed by atoms with E-state index in [0.717, 1.165) is 43.5 Å². The second kappa shape index (κ2) is 6.77. The highest BCUT2D eigenvalue weighted by atomic mass is 35.5. The lowest BCUT2D eigenvalue weighted by Gasteiger charge is -2.26. The first-order valence-corrected chi connectivity index (χ1v) is 10.8. The number of aromatic nitrogens is 1. The van der Waals surface area contributed by atoms with Crippen molar-refractivity contribution in [2.75, 3.05) is 0 Å². The van der Waals surface area contributed by atoms with Crippen molar-refractivity contribution in [1.82, 2.24) is 4.98 Å². The normalized spacial score (nSPS) is 24.0. The Kier molecular flexibility index (Phi) is 4.38. The molecule has 1 aromatic carbocycles. The molecule has 2 fully saturated rings. The molecule has 1 N–H and O–H groups in total. The minimum atomic E-state index is 0.0313. The Morgan fingerprint density at radius 1 is 1.22 bits per heavy atom. The van der Waals surface area contributed by atoms with Crippen molar-refractivity contribution in [3.63, 3.8) is 0 Å². The van der Waals surface area contributed by atoms with Gasteiger partial charge in [-0.2, -0.15) is 0 Å². The van der Waals surface area contributed by atoms with Crippen LogP contribution in [0.4, 0.5) is 0 Å². The Bertz CT molecular complexity index is 1010. The van der Waals surface area contributed by atoms with Gasteiger partial charge in [0.1, 0.15) is 11.9 Å². The zero-order chi connectivity index (χ0) is 18.5. The van der Waals surface area contributed by atoms with Crippen molar-refractivity contribution in [2.24, 2.45) is 11.8 Å². The molecule has 2 saturated carbocycles. The molecule has 140 valence electrons. The molecule has 3 nitrogen and oxygen atoms in total. The highest BCUT2D eigenvalue weighted by Gasteiger charge is 2.41. The summed E-state index contributed by atoms with van der Waals surface area (Å²) in [5.74, 6) is 2.48. The topological polar surface area (TPSA) is 42.4 Å². The maximum atomic E-state index is 9.53. The fourth-order valence-electron chi connectivity index (χ4n) is 4.85. The minimum absolute atomic E-state index is 0.0313. The van der Waals surface area contributed by atoms with E-state index < -0.39 is 0 Å². The van der Waals surface area contributed by atoms with E-state index in [2.05, 4.69) is 11.9 Å². The van der Waals surface area contributed by atoms with E-state index in [-0.39, 0.29) is 6.61 Å². The summed E-state index contributed by atoms with van der Waals surface area (Å²) in [5, 5.41) is 10.2. The fourth-order valence-corrected chi connectivity index (χ4v) is 6.12. The predicted octanol–water partition coefficient (Wildman–Crippen LogP) is 5.98. The molecule has 3 unspecified atom stereocenters. The van der Waals surface area contributed by atoms with Gasteiger partial charge in [-0.1, -0.05) is 11.6 Å². The molecule has 5 rings (SSSR count). The Morgan fingerprint density at radius 2 is 2.11 bits per heavy atom. The summed E-state index contributed by atoms with van der Waals surface area (Å²) >= 11 is 8.01. The van der Waals surface area contributed by atoms with Gasteiger partial charge in [0.05, 0.1) is 16.8 Å². The number of ether oxygens (including phenoxy) is 1. The van der Waals surface area contributed by atoms with Gasteiger partial charge < -0.3 is 9.84 Å². The van der Waals surface area contributed by atoms with Crippen LogP contribution in [0.3, 0.4) is 0 Å². The molecule has 3 atom stereocenters. The standard InChI is InChI=1S/C22H22ClNO2S/c1-12-6-15(23)9-18(21(12)26-20-8-13-2-3-14(20)7-13)17-4-5-24-19-10-16(11-25)27-22(17)19/h4-6,9-10,13-14,20,25H,2-3,7-8,11H2,1H3. The van der Waals surface area contributed by atoms with Crippen molar-refractivity contribution in [3.05, 3.63) is 45.9 Å². The lowest BCUT2D eigenvalue weighted by molar-refractivity contribution is 0.138. The summed E-state index contributed by atoms with van der Waals surface area (Å²) in [5.41, 5.74) is 4.09. The number of rotatable bonds is 4. The van der Waals surface area contributed by atoms with Crippen molar-refractivity contribution in [2.45, 2.75) is 45.3 Å². The molecule has 5 heteroatoms. The second-order valence-electron chi connectivity index (χ2n) is 7.87. The van der Waals surface area contributed by atoms with Gasteiger partial charge in [0, 0.05) is 27.2 Å². The van der Waals surface area contributed by atoms with Gasteiger partial charge >= 0.3 is 0 Å². The van der Waals surface area contributed by atoms with Crippen LogP contribution in [0.15, 0.2) is 30.5 Å². The predicted molar refractivity (Wildman–Crippen MR) is 111 cm³/mol. The van der Waals surface area contributed by atoms with Crippen LogP contribution in [-0.4, -0.2) is 16.2 Å². The third-order valence-corrected chi connectivity index (χ3v) is 7.45. The zero-order valence-electron chi connectivity index (χ0n) is 15.2. The van der Waals surface area contributed by atoms with E-state index in [1.165, 1.54) is 25.7 Å². The largest absolute Gasteiger partial charge is 0.489 e. The number of halogens is 1. The minimum Gasteiger partial charge on any atom is -0.489 e. The number of fused-ring (bicyclic) bond motifs is 3. The highest BCUT2D eigenvalue weighted by Crippen LogP contribution is 2.48. The molecule has 0 aliphatic heterocycles. The first-order valence-electron chi connectivity index (χ1n) is 9.58. The molecule has 0 amide bonds. The molecule has 27 heavy (non-hydrogen) atoms. The summed E-state index contributed by atoms with van der Waals surface area (Å²) in [6.45, 7) is 2.10. The second-order valence-corrected chi connectivity index (χ2v) is 9.45. The van der Waals surface area contributed by atoms with Crippen molar-refractivity contribution in [3.8, 4) is 16.9 Å². The molecule has 0 radical (unpaired) electrons. The van der Waals surface area contributed by atoms with E-state index in [4.69, 9.17) is 16.3 Å². The molecule has 2 bridgehead atoms. The Hall–Kier alpha value is -1.62. The number of pyridine rings is 1. The molecule has 2 aromatic heterocycles. The Morgan fingerprint density at radius 3 is 2.85 bits per heavy atom. The smallest absolute Gasteiger partial charge is 0.130 e. The number of aliphatic hydroxyl groups excluding tert-OH is 1. The van der Waals surface area contributed by atoms with Gasteiger partial charge in [0.15, 0.2) is 0 Å². The van der Waals surface area contributed by atoms with Crippen molar-refractivity contribution < 1.29 is 9.84 Å². The fraction of sp³-hybridized carbons (Fsp3) is 0.409.